The van der Waals surface area contributed by atoms with E-state index in [2.05, 4.69) is 24.1 Å². The number of hydrogen-bond donors (Lipinski definition) is 1. The van der Waals surface area contributed by atoms with E-state index < -0.39 is 23.4 Å². The van der Waals surface area contributed by atoms with Crippen LogP contribution in [0.3, 0.4) is 0 Å². The maximum absolute atomic E-state index is 13.1. The summed E-state index contributed by atoms with van der Waals surface area (Å²) in [6.07, 6.45) is 1.58. The molecule has 1 amide bonds. The molecular weight excluding hydrogens is 281 g/mol. The number of benzene rings is 1. The van der Waals surface area contributed by atoms with Crippen molar-refractivity contribution in [1.29, 1.82) is 0 Å². The van der Waals surface area contributed by atoms with E-state index in [0.29, 0.717) is 6.04 Å². The number of rotatable bonds is 3. The summed E-state index contributed by atoms with van der Waals surface area (Å²) in [4.78, 5) is 14.3. The first-order valence-electron chi connectivity index (χ1n) is 7.08. The molecule has 2 rings (SSSR count). The molecule has 0 saturated carbocycles. The third kappa shape index (κ3) is 3.75. The smallest absolute Gasteiger partial charge is 0.251 e. The number of halogens is 3. The van der Waals surface area contributed by atoms with Crippen LogP contribution in [0.2, 0.25) is 0 Å². The predicted molar refractivity (Wildman–Crippen MR) is 73.5 cm³/mol. The Bertz CT molecular complexity index is 503. The zero-order valence-electron chi connectivity index (χ0n) is 12.1. The third-order valence-electron chi connectivity index (χ3n) is 3.84. The van der Waals surface area contributed by atoms with Crippen LogP contribution in [-0.4, -0.2) is 36.0 Å². The Morgan fingerprint density at radius 3 is 2.19 bits per heavy atom. The second-order valence-corrected chi connectivity index (χ2v) is 5.63. The van der Waals surface area contributed by atoms with Crippen LogP contribution in [0.25, 0.3) is 0 Å². The Morgan fingerprint density at radius 1 is 1.19 bits per heavy atom. The number of piperidine rings is 1. The van der Waals surface area contributed by atoms with Gasteiger partial charge in [0.15, 0.2) is 17.5 Å². The van der Waals surface area contributed by atoms with Crippen molar-refractivity contribution in [3.05, 3.63) is 35.1 Å². The molecule has 3 nitrogen and oxygen atoms in total. The summed E-state index contributed by atoms with van der Waals surface area (Å²) in [5, 5.41) is 2.75. The zero-order chi connectivity index (χ0) is 15.6. The molecule has 0 aromatic heterocycles. The molecule has 116 valence electrons. The molecule has 1 N–H and O–H groups in total. The van der Waals surface area contributed by atoms with Crippen LogP contribution >= 0.6 is 0 Å². The Morgan fingerprint density at radius 2 is 1.71 bits per heavy atom. The number of nitrogens with one attached hydrogen (secondary N) is 1. The summed E-state index contributed by atoms with van der Waals surface area (Å²) in [7, 11) is 0. The fourth-order valence-electron chi connectivity index (χ4n) is 2.52. The Balaban J connectivity index is 1.97. The van der Waals surface area contributed by atoms with Crippen LogP contribution in [-0.2, 0) is 0 Å². The van der Waals surface area contributed by atoms with Gasteiger partial charge in [-0.05, 0) is 38.8 Å². The van der Waals surface area contributed by atoms with Crippen molar-refractivity contribution < 1.29 is 18.0 Å². The van der Waals surface area contributed by atoms with Gasteiger partial charge in [0.25, 0.3) is 5.91 Å². The van der Waals surface area contributed by atoms with Gasteiger partial charge >= 0.3 is 0 Å². The first-order chi connectivity index (χ1) is 9.88. The van der Waals surface area contributed by atoms with Crippen LogP contribution in [0.15, 0.2) is 12.1 Å². The van der Waals surface area contributed by atoms with Gasteiger partial charge in [-0.25, -0.2) is 13.2 Å². The number of hydrogen-bond acceptors (Lipinski definition) is 2. The normalized spacial score (nSPS) is 17.2. The predicted octanol–water partition coefficient (Wildman–Crippen LogP) is 2.71. The molecule has 1 aliphatic rings. The molecule has 0 radical (unpaired) electrons. The zero-order valence-corrected chi connectivity index (χ0v) is 12.1. The van der Waals surface area contributed by atoms with Crippen LogP contribution in [0.5, 0.6) is 0 Å². The Kier molecular flexibility index (Phi) is 4.88. The highest BCUT2D eigenvalue weighted by atomic mass is 19.2. The van der Waals surface area contributed by atoms with Gasteiger partial charge < -0.3 is 10.2 Å². The van der Waals surface area contributed by atoms with Crippen molar-refractivity contribution in [3.63, 3.8) is 0 Å². The quantitative estimate of drug-likeness (QED) is 0.871. The van der Waals surface area contributed by atoms with Gasteiger partial charge in [0.05, 0.1) is 0 Å². The molecule has 1 aromatic rings. The van der Waals surface area contributed by atoms with Gasteiger partial charge in [-0.3, -0.25) is 4.79 Å². The van der Waals surface area contributed by atoms with Crippen molar-refractivity contribution in [2.24, 2.45) is 0 Å². The summed E-state index contributed by atoms with van der Waals surface area (Å²) < 4.78 is 39.1. The molecule has 0 atom stereocenters. The number of carbonyl (C=O) groups excluding carboxylic acids is 1. The molecule has 1 heterocycles. The molecule has 1 aromatic carbocycles. The standard InChI is InChI=1S/C15H19F3N2O/c1-9(2)20-5-3-11(4-6-20)19-15(21)10-7-12(16)14(18)13(17)8-10/h7-9,11H,3-6H2,1-2H3,(H,19,21). The van der Waals surface area contributed by atoms with Crippen LogP contribution in [0, 0.1) is 17.5 Å². The monoisotopic (exact) mass is 300 g/mol. The fourth-order valence-corrected chi connectivity index (χ4v) is 2.52. The Hall–Kier alpha value is -1.56. The fraction of sp³-hybridized carbons (Fsp3) is 0.533. The molecule has 0 spiro atoms. The SMILES string of the molecule is CC(C)N1CCC(NC(=O)c2cc(F)c(F)c(F)c2)CC1. The van der Waals surface area contributed by atoms with E-state index in [1.165, 1.54) is 0 Å². The van der Waals surface area contributed by atoms with Gasteiger partial charge in [-0.1, -0.05) is 0 Å². The molecule has 0 bridgehead atoms. The van der Waals surface area contributed by atoms with Gasteiger partial charge in [0.2, 0.25) is 0 Å². The molecule has 1 saturated heterocycles. The summed E-state index contributed by atoms with van der Waals surface area (Å²) in [6, 6.07) is 1.87. The van der Waals surface area contributed by atoms with E-state index in [0.717, 1.165) is 38.1 Å². The molecule has 0 aliphatic carbocycles. The van der Waals surface area contributed by atoms with Gasteiger partial charge in [-0.15, -0.1) is 0 Å². The highest BCUT2D eigenvalue weighted by molar-refractivity contribution is 5.94. The van der Waals surface area contributed by atoms with Crippen molar-refractivity contribution in [1.82, 2.24) is 10.2 Å². The first-order valence-corrected chi connectivity index (χ1v) is 7.08. The number of carbonyl (C=O) groups is 1. The highest BCUT2D eigenvalue weighted by Crippen LogP contribution is 2.16. The second kappa shape index (κ2) is 6.47. The molecule has 6 heteroatoms. The van der Waals surface area contributed by atoms with E-state index in [9.17, 15) is 18.0 Å². The lowest BCUT2D eigenvalue weighted by molar-refractivity contribution is 0.0899. The second-order valence-electron chi connectivity index (χ2n) is 5.63. The molecule has 0 unspecified atom stereocenters. The first kappa shape index (κ1) is 15.8. The molecule has 1 fully saturated rings. The molecular formula is C15H19F3N2O. The maximum atomic E-state index is 13.1. The summed E-state index contributed by atoms with van der Waals surface area (Å²) in [5.41, 5.74) is -0.197. The van der Waals surface area contributed by atoms with Crippen molar-refractivity contribution >= 4 is 5.91 Å². The third-order valence-corrected chi connectivity index (χ3v) is 3.84. The number of nitrogens with zero attached hydrogens (tertiary/aromatic N) is 1. The lowest BCUT2D eigenvalue weighted by Crippen LogP contribution is -2.46. The average Bonchev–Trinajstić information content (AvgIpc) is 2.44. The van der Waals surface area contributed by atoms with Crippen LogP contribution in [0.1, 0.15) is 37.0 Å². The summed E-state index contributed by atoms with van der Waals surface area (Å²) >= 11 is 0. The molecule has 1 aliphatic heterocycles. The van der Waals surface area contributed by atoms with Gasteiger partial charge in [-0.2, -0.15) is 0 Å². The number of likely N-dealkylation sites (tertiary alicyclic amines) is 1. The van der Waals surface area contributed by atoms with E-state index >= 15 is 0 Å². The maximum Gasteiger partial charge on any atom is 0.251 e. The van der Waals surface area contributed by atoms with E-state index in [-0.39, 0.29) is 11.6 Å². The lowest BCUT2D eigenvalue weighted by atomic mass is 10.0. The van der Waals surface area contributed by atoms with Crippen LogP contribution in [0.4, 0.5) is 13.2 Å². The minimum absolute atomic E-state index is 0.0244. The van der Waals surface area contributed by atoms with Crippen molar-refractivity contribution in [2.45, 2.75) is 38.8 Å². The lowest BCUT2D eigenvalue weighted by Gasteiger charge is -2.34. The highest BCUT2D eigenvalue weighted by Gasteiger charge is 2.23. The summed E-state index contributed by atoms with van der Waals surface area (Å²) in [5.74, 6) is -4.84. The van der Waals surface area contributed by atoms with E-state index in [4.69, 9.17) is 0 Å². The minimum Gasteiger partial charge on any atom is -0.349 e. The topological polar surface area (TPSA) is 32.3 Å². The number of amides is 1. The van der Waals surface area contributed by atoms with E-state index in [1.807, 2.05) is 0 Å². The van der Waals surface area contributed by atoms with Crippen molar-refractivity contribution in [3.8, 4) is 0 Å². The molecule has 21 heavy (non-hydrogen) atoms. The van der Waals surface area contributed by atoms with Crippen LogP contribution < -0.4 is 5.32 Å². The largest absolute Gasteiger partial charge is 0.349 e. The summed E-state index contributed by atoms with van der Waals surface area (Å²) in [6.45, 7) is 5.97. The van der Waals surface area contributed by atoms with Gasteiger partial charge in [0.1, 0.15) is 0 Å². The van der Waals surface area contributed by atoms with E-state index in [1.54, 1.807) is 0 Å². The Labute approximate surface area is 122 Å². The average molecular weight is 300 g/mol. The minimum atomic E-state index is -1.56. The van der Waals surface area contributed by atoms with Crippen molar-refractivity contribution in [2.75, 3.05) is 13.1 Å². The van der Waals surface area contributed by atoms with Gasteiger partial charge in [0, 0.05) is 30.7 Å².